The van der Waals surface area contributed by atoms with Gasteiger partial charge < -0.3 is 10.2 Å². The second kappa shape index (κ2) is 9.82. The molecule has 2 fully saturated rings. The number of nitrogens with one attached hydrogen (secondary N) is 1. The maximum Gasteiger partial charge on any atom is 0.254 e. The molecule has 0 aromatic heterocycles. The minimum atomic E-state index is -3.31. The molecule has 1 saturated heterocycles. The molecule has 1 saturated carbocycles. The topological polar surface area (TPSA) is 83.6 Å². The van der Waals surface area contributed by atoms with Crippen LogP contribution in [0.4, 0.5) is 5.69 Å². The Labute approximate surface area is 206 Å². The molecule has 1 aliphatic carbocycles. The Hall–Kier alpha value is -3.19. The van der Waals surface area contributed by atoms with E-state index >= 15 is 0 Å². The first-order valence-electron chi connectivity index (χ1n) is 12.4. The molecule has 2 aliphatic rings. The fourth-order valence-corrected chi connectivity index (χ4v) is 7.14. The summed E-state index contributed by atoms with van der Waals surface area (Å²) in [5.74, 6) is -0.276. The highest BCUT2D eigenvalue weighted by molar-refractivity contribution is 7.92. The van der Waals surface area contributed by atoms with Crippen LogP contribution in [0.1, 0.15) is 48.9 Å². The van der Waals surface area contributed by atoms with Crippen molar-refractivity contribution in [2.75, 3.05) is 18.4 Å². The minimum Gasteiger partial charge on any atom is -0.339 e. The van der Waals surface area contributed by atoms with E-state index in [1.807, 2.05) is 47.4 Å². The van der Waals surface area contributed by atoms with Crippen molar-refractivity contribution in [2.24, 2.45) is 5.92 Å². The molecule has 3 aromatic rings. The molecule has 0 unspecified atom stereocenters. The molecule has 5 rings (SSSR count). The van der Waals surface area contributed by atoms with Crippen LogP contribution in [0.2, 0.25) is 0 Å². The molecular formula is C28H30N2O4S. The van der Waals surface area contributed by atoms with E-state index in [9.17, 15) is 18.0 Å². The summed E-state index contributed by atoms with van der Waals surface area (Å²) in [7, 11) is -3.31. The lowest BCUT2D eigenvalue weighted by molar-refractivity contribution is -0.121. The number of fused-ring (bicyclic) bond motifs is 1. The van der Waals surface area contributed by atoms with E-state index in [0.717, 1.165) is 36.5 Å². The molecule has 182 valence electrons. The first-order chi connectivity index (χ1) is 16.9. The third-order valence-corrected chi connectivity index (χ3v) is 9.64. The minimum absolute atomic E-state index is 0.000260. The van der Waals surface area contributed by atoms with Crippen molar-refractivity contribution in [3.63, 3.8) is 0 Å². The van der Waals surface area contributed by atoms with Crippen LogP contribution >= 0.6 is 0 Å². The highest BCUT2D eigenvalue weighted by atomic mass is 32.2. The fraction of sp³-hybridized carbons (Fsp3) is 0.357. The SMILES string of the molecule is O=C(Nc1ccc(S(=O)(=O)C2CCCC2)cc1)C1CCN(C(=O)c2cccc3ccccc23)CC1. The number of hydrogen-bond donors (Lipinski definition) is 1. The second-order valence-corrected chi connectivity index (χ2v) is 11.8. The Morgan fingerprint density at radius 2 is 1.46 bits per heavy atom. The Bertz CT molecular complexity index is 1330. The van der Waals surface area contributed by atoms with Crippen LogP contribution in [0, 0.1) is 5.92 Å². The first-order valence-corrected chi connectivity index (χ1v) is 13.9. The number of amides is 2. The molecular weight excluding hydrogens is 460 g/mol. The molecule has 0 atom stereocenters. The van der Waals surface area contributed by atoms with Crippen LogP contribution in [0.15, 0.2) is 71.6 Å². The quantitative estimate of drug-likeness (QED) is 0.543. The van der Waals surface area contributed by atoms with Crippen LogP contribution in [0.3, 0.4) is 0 Å². The summed E-state index contributed by atoms with van der Waals surface area (Å²) in [6.07, 6.45) is 4.56. The molecule has 0 radical (unpaired) electrons. The highest BCUT2D eigenvalue weighted by Crippen LogP contribution is 2.30. The third-order valence-electron chi connectivity index (χ3n) is 7.36. The van der Waals surface area contributed by atoms with Crippen LogP contribution in [0.5, 0.6) is 0 Å². The predicted molar refractivity (Wildman–Crippen MR) is 137 cm³/mol. The lowest BCUT2D eigenvalue weighted by Gasteiger charge is -2.31. The number of anilines is 1. The molecule has 1 heterocycles. The molecule has 35 heavy (non-hydrogen) atoms. The summed E-state index contributed by atoms with van der Waals surface area (Å²) in [6.45, 7) is 1.05. The number of sulfone groups is 1. The van der Waals surface area contributed by atoms with Gasteiger partial charge in [0.25, 0.3) is 5.91 Å². The zero-order valence-corrected chi connectivity index (χ0v) is 20.5. The van der Waals surface area contributed by atoms with Crippen molar-refractivity contribution in [2.45, 2.75) is 48.7 Å². The molecule has 3 aromatic carbocycles. The van der Waals surface area contributed by atoms with Gasteiger partial charge in [-0.05, 0) is 66.8 Å². The van der Waals surface area contributed by atoms with Gasteiger partial charge in [-0.25, -0.2) is 8.42 Å². The predicted octanol–water partition coefficient (Wildman–Crippen LogP) is 5.05. The summed E-state index contributed by atoms with van der Waals surface area (Å²) < 4.78 is 25.5. The number of nitrogens with zero attached hydrogens (tertiary/aromatic N) is 1. The van der Waals surface area contributed by atoms with Crippen LogP contribution in [0.25, 0.3) is 10.8 Å². The van der Waals surface area contributed by atoms with Gasteiger partial charge in [-0.2, -0.15) is 0 Å². The van der Waals surface area contributed by atoms with Crippen molar-refractivity contribution in [3.8, 4) is 0 Å². The van der Waals surface area contributed by atoms with Crippen molar-refractivity contribution >= 4 is 38.1 Å². The second-order valence-electron chi connectivity index (χ2n) is 9.56. The summed E-state index contributed by atoms with van der Waals surface area (Å²) in [6, 6.07) is 20.1. The van der Waals surface area contributed by atoms with Crippen LogP contribution < -0.4 is 5.32 Å². The Kier molecular flexibility index (Phi) is 6.60. The molecule has 2 amide bonds. The number of benzene rings is 3. The van der Waals surface area contributed by atoms with Gasteiger partial charge in [-0.1, -0.05) is 49.2 Å². The van der Waals surface area contributed by atoms with Crippen LogP contribution in [-0.2, 0) is 14.6 Å². The maximum atomic E-state index is 13.2. The number of rotatable bonds is 5. The van der Waals surface area contributed by atoms with Gasteiger partial charge in [0.15, 0.2) is 9.84 Å². The van der Waals surface area contributed by atoms with Crippen molar-refractivity contribution in [1.82, 2.24) is 4.90 Å². The van der Waals surface area contributed by atoms with Gasteiger partial charge in [0.2, 0.25) is 5.91 Å². The lowest BCUT2D eigenvalue weighted by Crippen LogP contribution is -2.41. The van der Waals surface area contributed by atoms with Crippen molar-refractivity contribution in [1.29, 1.82) is 0 Å². The van der Waals surface area contributed by atoms with E-state index in [4.69, 9.17) is 0 Å². The van der Waals surface area contributed by atoms with E-state index in [-0.39, 0.29) is 23.0 Å². The number of carbonyl (C=O) groups excluding carboxylic acids is 2. The molecule has 7 heteroatoms. The van der Waals surface area contributed by atoms with E-state index in [1.165, 1.54) is 0 Å². The number of carbonyl (C=O) groups is 2. The summed E-state index contributed by atoms with van der Waals surface area (Å²) in [5.41, 5.74) is 1.29. The van der Waals surface area contributed by atoms with E-state index in [1.54, 1.807) is 24.3 Å². The number of hydrogen-bond acceptors (Lipinski definition) is 4. The maximum absolute atomic E-state index is 13.2. The highest BCUT2D eigenvalue weighted by Gasteiger charge is 2.31. The van der Waals surface area contributed by atoms with Gasteiger partial charge in [0, 0.05) is 30.3 Å². The largest absolute Gasteiger partial charge is 0.339 e. The standard InChI is InChI=1S/C28H30N2O4S/c31-27(29-22-12-14-24(15-13-22)35(33,34)23-8-2-3-9-23)21-16-18-30(19-17-21)28(32)26-11-5-7-20-6-1-4-10-25(20)26/h1,4-7,10-15,21,23H,2-3,8-9,16-19H2,(H,29,31). The van der Waals surface area contributed by atoms with E-state index in [0.29, 0.717) is 42.1 Å². The molecule has 0 spiro atoms. The Morgan fingerprint density at radius 3 is 2.17 bits per heavy atom. The van der Waals surface area contributed by atoms with Gasteiger partial charge in [0.1, 0.15) is 0 Å². The monoisotopic (exact) mass is 490 g/mol. The number of likely N-dealkylation sites (tertiary alicyclic amines) is 1. The smallest absolute Gasteiger partial charge is 0.254 e. The summed E-state index contributed by atoms with van der Waals surface area (Å²) in [4.78, 5) is 28.2. The Morgan fingerprint density at radius 1 is 0.800 bits per heavy atom. The van der Waals surface area contributed by atoms with Gasteiger partial charge >= 0.3 is 0 Å². The molecule has 0 bridgehead atoms. The van der Waals surface area contributed by atoms with E-state index < -0.39 is 9.84 Å². The number of piperidine rings is 1. The van der Waals surface area contributed by atoms with Crippen LogP contribution in [-0.4, -0.2) is 43.5 Å². The van der Waals surface area contributed by atoms with E-state index in [2.05, 4.69) is 5.32 Å². The van der Waals surface area contributed by atoms with Crippen molar-refractivity contribution in [3.05, 3.63) is 72.3 Å². The van der Waals surface area contributed by atoms with Crippen molar-refractivity contribution < 1.29 is 18.0 Å². The van der Waals surface area contributed by atoms with Gasteiger partial charge in [-0.3, -0.25) is 9.59 Å². The summed E-state index contributed by atoms with van der Waals surface area (Å²) >= 11 is 0. The molecule has 1 aliphatic heterocycles. The average molecular weight is 491 g/mol. The third kappa shape index (κ3) is 4.82. The molecule has 1 N–H and O–H groups in total. The van der Waals surface area contributed by atoms with Gasteiger partial charge in [-0.15, -0.1) is 0 Å². The fourth-order valence-electron chi connectivity index (χ4n) is 5.29. The molecule has 6 nitrogen and oxygen atoms in total. The lowest BCUT2D eigenvalue weighted by atomic mass is 9.94. The summed E-state index contributed by atoms with van der Waals surface area (Å²) in [5, 5.41) is 4.61. The first kappa shape index (κ1) is 23.5. The average Bonchev–Trinajstić information content (AvgIpc) is 3.45. The zero-order chi connectivity index (χ0) is 24.4. The Balaban J connectivity index is 1.18. The zero-order valence-electron chi connectivity index (χ0n) is 19.7. The van der Waals surface area contributed by atoms with Gasteiger partial charge in [0.05, 0.1) is 10.1 Å². The normalized spacial score (nSPS) is 17.5.